The molecule has 18 heavy (non-hydrogen) atoms. The average molecular weight is 311 g/mol. The number of hydrogen-bond acceptors (Lipinski definition) is 3. The smallest absolute Gasteiger partial charge is 0.337 e. The molecule has 1 aromatic carbocycles. The Morgan fingerprint density at radius 3 is 2.78 bits per heavy atom. The number of aromatic carboxylic acids is 1. The number of carboxylic acid groups (broad SMARTS) is 1. The summed E-state index contributed by atoms with van der Waals surface area (Å²) in [6.45, 7) is 0.299. The van der Waals surface area contributed by atoms with Crippen molar-refractivity contribution in [2.24, 2.45) is 0 Å². The third-order valence-corrected chi connectivity index (χ3v) is 2.49. The number of amides is 1. The Morgan fingerprint density at radius 2 is 2.17 bits per heavy atom. The van der Waals surface area contributed by atoms with Gasteiger partial charge in [0.25, 0.3) is 0 Å². The number of carboxylic acids is 1. The second-order valence-electron chi connectivity index (χ2n) is 3.35. The molecule has 0 aliphatic rings. The van der Waals surface area contributed by atoms with E-state index < -0.39 is 5.97 Å². The van der Waals surface area contributed by atoms with Gasteiger partial charge in [-0.15, -0.1) is 6.42 Å². The number of hydrogen-bond donors (Lipinski definition) is 3. The molecule has 0 aliphatic heterocycles. The van der Waals surface area contributed by atoms with Crippen molar-refractivity contribution in [3.8, 4) is 12.3 Å². The van der Waals surface area contributed by atoms with Gasteiger partial charge in [-0.05, 0) is 18.2 Å². The molecule has 5 nitrogen and oxygen atoms in total. The lowest BCUT2D eigenvalue weighted by Crippen LogP contribution is -2.28. The summed E-state index contributed by atoms with van der Waals surface area (Å²) in [6.07, 6.45) is 5.02. The van der Waals surface area contributed by atoms with Gasteiger partial charge in [0.2, 0.25) is 5.91 Å². The van der Waals surface area contributed by atoms with Crippen LogP contribution < -0.4 is 10.6 Å². The van der Waals surface area contributed by atoms with Gasteiger partial charge in [0, 0.05) is 4.47 Å². The number of anilines is 1. The van der Waals surface area contributed by atoms with Crippen molar-refractivity contribution in [3.63, 3.8) is 0 Å². The van der Waals surface area contributed by atoms with Gasteiger partial charge in [-0.3, -0.25) is 10.1 Å². The van der Waals surface area contributed by atoms with Gasteiger partial charge in [0.15, 0.2) is 0 Å². The average Bonchev–Trinajstić information content (AvgIpc) is 2.29. The minimum absolute atomic E-state index is 0.0236. The third-order valence-electron chi connectivity index (χ3n) is 2.00. The summed E-state index contributed by atoms with van der Waals surface area (Å²) in [6, 6.07) is 4.54. The van der Waals surface area contributed by atoms with Gasteiger partial charge >= 0.3 is 5.97 Å². The molecule has 0 unspecified atom stereocenters. The Hall–Kier alpha value is -1.84. The quantitative estimate of drug-likeness (QED) is 0.566. The highest BCUT2D eigenvalue weighted by Crippen LogP contribution is 2.21. The Kier molecular flexibility index (Phi) is 5.36. The molecule has 1 aromatic rings. The molecular formula is C12H11BrN2O3. The first-order valence-electron chi connectivity index (χ1n) is 5.01. The highest BCUT2D eigenvalue weighted by Gasteiger charge is 2.12. The lowest BCUT2D eigenvalue weighted by atomic mass is 10.2. The van der Waals surface area contributed by atoms with E-state index in [1.807, 2.05) is 0 Å². The molecule has 0 saturated heterocycles. The van der Waals surface area contributed by atoms with E-state index in [9.17, 15) is 9.59 Å². The Morgan fingerprint density at radius 1 is 1.44 bits per heavy atom. The van der Waals surface area contributed by atoms with E-state index in [0.717, 1.165) is 0 Å². The summed E-state index contributed by atoms with van der Waals surface area (Å²) in [5, 5.41) is 14.2. The van der Waals surface area contributed by atoms with E-state index in [-0.39, 0.29) is 30.2 Å². The van der Waals surface area contributed by atoms with Crippen molar-refractivity contribution in [1.29, 1.82) is 0 Å². The number of nitrogens with one attached hydrogen (secondary N) is 2. The summed E-state index contributed by atoms with van der Waals surface area (Å²) in [4.78, 5) is 22.5. The molecule has 94 valence electrons. The fourth-order valence-corrected chi connectivity index (χ4v) is 1.61. The third kappa shape index (κ3) is 4.20. The zero-order valence-electron chi connectivity index (χ0n) is 9.37. The predicted molar refractivity (Wildman–Crippen MR) is 71.4 cm³/mol. The van der Waals surface area contributed by atoms with E-state index >= 15 is 0 Å². The van der Waals surface area contributed by atoms with E-state index in [1.165, 1.54) is 12.1 Å². The largest absolute Gasteiger partial charge is 0.478 e. The molecule has 0 aromatic heterocycles. The summed E-state index contributed by atoms with van der Waals surface area (Å²) in [5.74, 6) is 0.875. The monoisotopic (exact) mass is 310 g/mol. The van der Waals surface area contributed by atoms with Crippen LogP contribution in [0.1, 0.15) is 10.4 Å². The summed E-state index contributed by atoms with van der Waals surface area (Å²) in [7, 11) is 0. The van der Waals surface area contributed by atoms with Crippen LogP contribution in [0.25, 0.3) is 0 Å². The molecule has 0 heterocycles. The maximum absolute atomic E-state index is 11.5. The Balaban J connectivity index is 2.77. The molecule has 0 spiro atoms. The molecule has 0 radical (unpaired) electrons. The zero-order valence-corrected chi connectivity index (χ0v) is 11.0. The molecule has 6 heteroatoms. The van der Waals surface area contributed by atoms with Crippen LogP contribution in [0.5, 0.6) is 0 Å². The Labute approximate surface area is 113 Å². The predicted octanol–water partition coefficient (Wildman–Crippen LogP) is 1.31. The first-order chi connectivity index (χ1) is 8.54. The summed E-state index contributed by atoms with van der Waals surface area (Å²) < 4.78 is 0.680. The number of carbonyl (C=O) groups is 2. The molecule has 0 saturated carbocycles. The lowest BCUT2D eigenvalue weighted by Gasteiger charge is -2.09. The van der Waals surface area contributed by atoms with Crippen molar-refractivity contribution >= 4 is 33.5 Å². The highest BCUT2D eigenvalue weighted by molar-refractivity contribution is 9.10. The van der Waals surface area contributed by atoms with Gasteiger partial charge in [-0.1, -0.05) is 21.9 Å². The SMILES string of the molecule is C#CCNCC(=O)Nc1cc(Br)ccc1C(=O)O. The second kappa shape index (κ2) is 6.79. The van der Waals surface area contributed by atoms with Crippen LogP contribution in [0.4, 0.5) is 5.69 Å². The molecule has 0 atom stereocenters. The van der Waals surface area contributed by atoms with Crippen LogP contribution in [0.15, 0.2) is 22.7 Å². The van der Waals surface area contributed by atoms with Crippen LogP contribution in [0.2, 0.25) is 0 Å². The maximum atomic E-state index is 11.5. The van der Waals surface area contributed by atoms with Crippen molar-refractivity contribution in [2.75, 3.05) is 18.4 Å². The Bertz CT molecular complexity index is 509. The first-order valence-corrected chi connectivity index (χ1v) is 5.80. The summed E-state index contributed by atoms with van der Waals surface area (Å²) in [5.41, 5.74) is 0.271. The van der Waals surface area contributed by atoms with Crippen LogP contribution in [-0.2, 0) is 4.79 Å². The van der Waals surface area contributed by atoms with Gasteiger partial charge in [0.1, 0.15) is 0 Å². The number of carbonyl (C=O) groups excluding carboxylic acids is 1. The highest BCUT2D eigenvalue weighted by atomic mass is 79.9. The second-order valence-corrected chi connectivity index (χ2v) is 4.27. The van der Waals surface area contributed by atoms with Crippen molar-refractivity contribution in [3.05, 3.63) is 28.2 Å². The fourth-order valence-electron chi connectivity index (χ4n) is 1.25. The topological polar surface area (TPSA) is 78.4 Å². The number of rotatable bonds is 5. The van der Waals surface area contributed by atoms with E-state index in [4.69, 9.17) is 11.5 Å². The molecule has 0 bridgehead atoms. The van der Waals surface area contributed by atoms with Crippen LogP contribution in [-0.4, -0.2) is 30.1 Å². The van der Waals surface area contributed by atoms with Crippen LogP contribution >= 0.6 is 15.9 Å². The molecule has 0 fully saturated rings. The van der Waals surface area contributed by atoms with Crippen LogP contribution in [0, 0.1) is 12.3 Å². The van der Waals surface area contributed by atoms with E-state index in [1.54, 1.807) is 6.07 Å². The van der Waals surface area contributed by atoms with Gasteiger partial charge in [-0.2, -0.15) is 0 Å². The van der Waals surface area contributed by atoms with E-state index in [0.29, 0.717) is 4.47 Å². The molecule has 1 amide bonds. The molecule has 0 aliphatic carbocycles. The number of halogens is 1. The zero-order chi connectivity index (χ0) is 13.5. The van der Waals surface area contributed by atoms with Crippen molar-refractivity contribution in [1.82, 2.24) is 5.32 Å². The lowest BCUT2D eigenvalue weighted by molar-refractivity contribution is -0.115. The number of benzene rings is 1. The minimum Gasteiger partial charge on any atom is -0.478 e. The molecule has 3 N–H and O–H groups in total. The van der Waals surface area contributed by atoms with Gasteiger partial charge in [0.05, 0.1) is 24.3 Å². The van der Waals surface area contributed by atoms with E-state index in [2.05, 4.69) is 32.5 Å². The van der Waals surface area contributed by atoms with Gasteiger partial charge < -0.3 is 10.4 Å². The normalized spacial score (nSPS) is 9.56. The maximum Gasteiger partial charge on any atom is 0.337 e. The molecule has 1 rings (SSSR count). The van der Waals surface area contributed by atoms with Gasteiger partial charge in [-0.25, -0.2) is 4.79 Å². The minimum atomic E-state index is -1.10. The first kappa shape index (κ1) is 14.2. The van der Waals surface area contributed by atoms with Crippen molar-refractivity contribution in [2.45, 2.75) is 0 Å². The standard InChI is InChI=1S/C12H11BrN2O3/c1-2-5-14-7-11(16)15-10-6-8(13)3-4-9(10)12(17)18/h1,3-4,6,14H,5,7H2,(H,15,16)(H,17,18). The summed E-state index contributed by atoms with van der Waals surface area (Å²) >= 11 is 3.21. The van der Waals surface area contributed by atoms with Crippen LogP contribution in [0.3, 0.4) is 0 Å². The number of terminal acetylenes is 1. The van der Waals surface area contributed by atoms with Crippen molar-refractivity contribution < 1.29 is 14.7 Å². The molecular weight excluding hydrogens is 300 g/mol. The fraction of sp³-hybridized carbons (Fsp3) is 0.167.